The second-order valence-corrected chi connectivity index (χ2v) is 9.31. The van der Waals surface area contributed by atoms with E-state index in [9.17, 15) is 4.79 Å². The van der Waals surface area contributed by atoms with E-state index in [0.717, 1.165) is 31.0 Å². The molecular weight excluding hydrogens is 416 g/mol. The van der Waals surface area contributed by atoms with Gasteiger partial charge in [0.15, 0.2) is 11.5 Å². The smallest absolute Gasteiger partial charge is 0.278 e. The number of H-pyrrole nitrogens is 1. The lowest BCUT2D eigenvalue weighted by molar-refractivity contribution is 0.547. The molecule has 0 bridgehead atoms. The molecule has 3 aromatic heterocycles. The molecule has 33 heavy (non-hydrogen) atoms. The molecule has 0 radical (unpaired) electrons. The van der Waals surface area contributed by atoms with Crippen molar-refractivity contribution in [2.75, 3.05) is 11.9 Å². The van der Waals surface area contributed by atoms with Crippen molar-refractivity contribution in [1.82, 2.24) is 34.6 Å². The van der Waals surface area contributed by atoms with E-state index in [-0.39, 0.29) is 11.0 Å². The van der Waals surface area contributed by atoms with E-state index in [1.807, 2.05) is 6.07 Å². The van der Waals surface area contributed by atoms with Gasteiger partial charge in [0.2, 0.25) is 5.95 Å². The summed E-state index contributed by atoms with van der Waals surface area (Å²) in [5, 5.41) is 7.11. The van der Waals surface area contributed by atoms with Gasteiger partial charge in [0.1, 0.15) is 11.2 Å². The molecule has 5 rings (SSSR count). The van der Waals surface area contributed by atoms with Crippen molar-refractivity contribution in [1.29, 1.82) is 0 Å². The SMILES string of the molecule is C=CCn1c(=O)c2cnc(Nc3ccc4c(c3)CCNC4)nc2n1-c1c[nH]c(C(C)(C)C)n1. The molecule has 170 valence electrons. The molecule has 0 saturated heterocycles. The number of hydrogen-bond donors (Lipinski definition) is 3. The summed E-state index contributed by atoms with van der Waals surface area (Å²) in [7, 11) is 0. The number of aromatic nitrogens is 6. The average Bonchev–Trinajstić information content (AvgIpc) is 3.38. The molecule has 0 atom stereocenters. The summed E-state index contributed by atoms with van der Waals surface area (Å²) >= 11 is 0. The fourth-order valence-corrected chi connectivity index (χ4v) is 4.10. The lowest BCUT2D eigenvalue weighted by Crippen LogP contribution is -2.23. The topological polar surface area (TPSA) is 105 Å². The zero-order chi connectivity index (χ0) is 23.2. The van der Waals surface area contributed by atoms with Gasteiger partial charge >= 0.3 is 0 Å². The Morgan fingerprint density at radius 3 is 2.85 bits per heavy atom. The number of nitrogens with one attached hydrogen (secondary N) is 3. The summed E-state index contributed by atoms with van der Waals surface area (Å²) in [6.45, 7) is 12.2. The van der Waals surface area contributed by atoms with Gasteiger partial charge in [0.25, 0.3) is 5.56 Å². The molecular formula is C24H28N8O. The van der Waals surface area contributed by atoms with Crippen molar-refractivity contribution < 1.29 is 0 Å². The van der Waals surface area contributed by atoms with Gasteiger partial charge in [-0.2, -0.15) is 4.98 Å². The van der Waals surface area contributed by atoms with Crippen LogP contribution in [0.1, 0.15) is 37.7 Å². The van der Waals surface area contributed by atoms with E-state index >= 15 is 0 Å². The van der Waals surface area contributed by atoms with Crippen molar-refractivity contribution in [3.8, 4) is 5.82 Å². The maximum absolute atomic E-state index is 13.1. The van der Waals surface area contributed by atoms with Crippen molar-refractivity contribution >= 4 is 22.7 Å². The first-order chi connectivity index (χ1) is 15.8. The third-order valence-corrected chi connectivity index (χ3v) is 5.82. The molecule has 1 aliphatic rings. The average molecular weight is 445 g/mol. The van der Waals surface area contributed by atoms with Gasteiger partial charge in [0, 0.05) is 30.0 Å². The standard InChI is InChI=1S/C24H28N8O/c1-5-10-31-21(33)18-13-27-23(28-17-7-6-16-12-25-9-8-15(16)11-17)30-20(18)32(31)19-14-26-22(29-19)24(2,3)4/h5-7,11,13-14,25H,1,8-10,12H2,2-4H3,(H,26,29)(H,27,28,30). The van der Waals surface area contributed by atoms with Crippen LogP contribution in [0.2, 0.25) is 0 Å². The van der Waals surface area contributed by atoms with Gasteiger partial charge < -0.3 is 15.6 Å². The Balaban J connectivity index is 1.59. The number of aromatic amines is 1. The highest BCUT2D eigenvalue weighted by Crippen LogP contribution is 2.24. The number of anilines is 2. The number of allylic oxidation sites excluding steroid dienone is 1. The van der Waals surface area contributed by atoms with Crippen LogP contribution < -0.4 is 16.2 Å². The Morgan fingerprint density at radius 2 is 2.09 bits per heavy atom. The van der Waals surface area contributed by atoms with Crippen molar-refractivity contribution in [2.45, 2.75) is 45.7 Å². The zero-order valence-electron chi connectivity index (χ0n) is 19.1. The van der Waals surface area contributed by atoms with Crippen LogP contribution in [0.25, 0.3) is 16.9 Å². The van der Waals surface area contributed by atoms with E-state index < -0.39 is 0 Å². The lowest BCUT2D eigenvalue weighted by atomic mass is 9.96. The predicted octanol–water partition coefficient (Wildman–Crippen LogP) is 3.18. The van der Waals surface area contributed by atoms with E-state index in [2.05, 4.69) is 60.1 Å². The number of hydrogen-bond acceptors (Lipinski definition) is 6. The Bertz CT molecular complexity index is 1400. The van der Waals surface area contributed by atoms with Crippen LogP contribution in [0.5, 0.6) is 0 Å². The van der Waals surface area contributed by atoms with Crippen molar-refractivity contribution in [3.63, 3.8) is 0 Å². The van der Waals surface area contributed by atoms with Crippen LogP contribution in [0.15, 0.2) is 48.0 Å². The van der Waals surface area contributed by atoms with Crippen LogP contribution in [-0.2, 0) is 24.9 Å². The normalized spacial score (nSPS) is 13.8. The van der Waals surface area contributed by atoms with Crippen LogP contribution in [0, 0.1) is 0 Å². The van der Waals surface area contributed by atoms with Crippen molar-refractivity contribution in [3.05, 3.63) is 70.6 Å². The second-order valence-electron chi connectivity index (χ2n) is 9.31. The zero-order valence-corrected chi connectivity index (χ0v) is 19.1. The molecule has 9 heteroatoms. The lowest BCUT2D eigenvalue weighted by Gasteiger charge is -2.18. The molecule has 0 spiro atoms. The van der Waals surface area contributed by atoms with E-state index in [1.54, 1.807) is 27.8 Å². The van der Waals surface area contributed by atoms with Gasteiger partial charge in [0.05, 0.1) is 6.54 Å². The molecule has 0 fully saturated rings. The second kappa shape index (κ2) is 8.00. The van der Waals surface area contributed by atoms with Crippen LogP contribution >= 0.6 is 0 Å². The number of benzene rings is 1. The number of fused-ring (bicyclic) bond motifs is 2. The molecule has 1 aliphatic heterocycles. The third kappa shape index (κ3) is 3.84. The first-order valence-corrected chi connectivity index (χ1v) is 11.1. The quantitative estimate of drug-likeness (QED) is 0.408. The Kier molecular flexibility index (Phi) is 5.13. The van der Waals surface area contributed by atoms with E-state index in [1.165, 1.54) is 11.1 Å². The summed E-state index contributed by atoms with van der Waals surface area (Å²) in [6, 6.07) is 6.29. The Labute approximate surface area is 191 Å². The fraction of sp³-hybridized carbons (Fsp3) is 0.333. The van der Waals surface area contributed by atoms with Crippen LogP contribution in [-0.4, -0.2) is 35.8 Å². The minimum atomic E-state index is -0.182. The molecule has 0 aliphatic carbocycles. The largest absolute Gasteiger partial charge is 0.346 e. The predicted molar refractivity (Wildman–Crippen MR) is 129 cm³/mol. The summed E-state index contributed by atoms with van der Waals surface area (Å²) in [5.74, 6) is 1.85. The highest BCUT2D eigenvalue weighted by molar-refractivity contribution is 5.77. The Hall–Kier alpha value is -3.72. The first kappa shape index (κ1) is 21.1. The summed E-state index contributed by atoms with van der Waals surface area (Å²) in [4.78, 5) is 30.2. The summed E-state index contributed by atoms with van der Waals surface area (Å²) in [5.41, 5.74) is 3.71. The molecule has 0 saturated carbocycles. The maximum atomic E-state index is 13.1. The minimum absolute atomic E-state index is 0.158. The number of nitrogens with zero attached hydrogens (tertiary/aromatic N) is 5. The van der Waals surface area contributed by atoms with Gasteiger partial charge in [-0.3, -0.25) is 4.79 Å². The van der Waals surface area contributed by atoms with Crippen LogP contribution in [0.3, 0.4) is 0 Å². The van der Waals surface area contributed by atoms with Gasteiger partial charge in [-0.25, -0.2) is 19.3 Å². The van der Waals surface area contributed by atoms with Gasteiger partial charge in [-0.05, 0) is 36.2 Å². The van der Waals surface area contributed by atoms with Gasteiger partial charge in [-0.1, -0.05) is 32.9 Å². The molecule has 4 heterocycles. The maximum Gasteiger partial charge on any atom is 0.278 e. The molecule has 1 aromatic carbocycles. The number of rotatable bonds is 5. The Morgan fingerprint density at radius 1 is 1.24 bits per heavy atom. The molecule has 9 nitrogen and oxygen atoms in total. The van der Waals surface area contributed by atoms with Gasteiger partial charge in [-0.15, -0.1) is 6.58 Å². The van der Waals surface area contributed by atoms with E-state index in [0.29, 0.717) is 29.3 Å². The molecule has 4 aromatic rings. The monoisotopic (exact) mass is 444 g/mol. The van der Waals surface area contributed by atoms with Crippen molar-refractivity contribution in [2.24, 2.45) is 0 Å². The third-order valence-electron chi connectivity index (χ3n) is 5.82. The first-order valence-electron chi connectivity index (χ1n) is 11.1. The highest BCUT2D eigenvalue weighted by Gasteiger charge is 2.22. The molecule has 0 unspecified atom stereocenters. The summed E-state index contributed by atoms with van der Waals surface area (Å²) < 4.78 is 3.31. The summed E-state index contributed by atoms with van der Waals surface area (Å²) in [6.07, 6.45) is 6.04. The highest BCUT2D eigenvalue weighted by atomic mass is 16.1. The minimum Gasteiger partial charge on any atom is -0.346 e. The van der Waals surface area contributed by atoms with Crippen LogP contribution in [0.4, 0.5) is 11.6 Å². The van der Waals surface area contributed by atoms with E-state index in [4.69, 9.17) is 9.97 Å². The number of imidazole rings is 1. The molecule has 0 amide bonds. The molecule has 3 N–H and O–H groups in total. The fourth-order valence-electron chi connectivity index (χ4n) is 4.10.